The molecule has 2 aromatic rings. The summed E-state index contributed by atoms with van der Waals surface area (Å²) in [5.41, 5.74) is 2.08. The highest BCUT2D eigenvalue weighted by molar-refractivity contribution is 5.94. The molecule has 106 valence electrons. The van der Waals surface area contributed by atoms with E-state index in [2.05, 4.69) is 15.3 Å². The standard InChI is InChI=1S/C15H14N4O2/c1-11-2-4-13(5-3-11)14(20)17-6-7-21-15-18-9-12(8-16)10-19-15/h2-5,9-10H,6-7H2,1H3,(H,17,20). The van der Waals surface area contributed by atoms with Gasteiger partial charge >= 0.3 is 6.01 Å². The second-order valence-corrected chi connectivity index (χ2v) is 4.34. The molecule has 1 amide bonds. The third-order valence-electron chi connectivity index (χ3n) is 2.69. The normalized spacial score (nSPS) is 9.71. The predicted octanol–water partition coefficient (Wildman–Crippen LogP) is 1.47. The SMILES string of the molecule is Cc1ccc(C(=O)NCCOc2ncc(C#N)cn2)cc1. The van der Waals surface area contributed by atoms with E-state index in [-0.39, 0.29) is 18.5 Å². The van der Waals surface area contributed by atoms with Gasteiger partial charge in [0.05, 0.1) is 24.5 Å². The molecular formula is C15H14N4O2. The maximum Gasteiger partial charge on any atom is 0.316 e. The van der Waals surface area contributed by atoms with E-state index in [1.807, 2.05) is 25.1 Å². The summed E-state index contributed by atoms with van der Waals surface area (Å²) >= 11 is 0. The monoisotopic (exact) mass is 282 g/mol. The molecule has 1 aromatic carbocycles. The number of amides is 1. The lowest BCUT2D eigenvalue weighted by molar-refractivity contribution is 0.0946. The first-order valence-corrected chi connectivity index (χ1v) is 6.39. The van der Waals surface area contributed by atoms with Crippen LogP contribution in [0.4, 0.5) is 0 Å². The number of nitrogens with zero attached hydrogens (tertiary/aromatic N) is 3. The van der Waals surface area contributed by atoms with Crippen molar-refractivity contribution in [1.82, 2.24) is 15.3 Å². The van der Waals surface area contributed by atoms with Gasteiger partial charge in [-0.2, -0.15) is 5.26 Å². The number of nitriles is 1. The molecule has 0 saturated heterocycles. The third-order valence-corrected chi connectivity index (χ3v) is 2.69. The van der Waals surface area contributed by atoms with Crippen LogP contribution in [-0.2, 0) is 0 Å². The van der Waals surface area contributed by atoms with Crippen molar-refractivity contribution >= 4 is 5.91 Å². The lowest BCUT2D eigenvalue weighted by Gasteiger charge is -2.06. The van der Waals surface area contributed by atoms with Crippen LogP contribution in [0.2, 0.25) is 0 Å². The molecule has 0 fully saturated rings. The highest BCUT2D eigenvalue weighted by Crippen LogP contribution is 2.03. The Morgan fingerprint density at radius 3 is 2.57 bits per heavy atom. The Labute approximate surface area is 122 Å². The zero-order chi connectivity index (χ0) is 15.1. The Morgan fingerprint density at radius 2 is 1.95 bits per heavy atom. The van der Waals surface area contributed by atoms with Crippen LogP contribution in [0.5, 0.6) is 6.01 Å². The fourth-order valence-corrected chi connectivity index (χ4v) is 1.56. The van der Waals surface area contributed by atoms with E-state index in [1.54, 1.807) is 12.1 Å². The van der Waals surface area contributed by atoms with Crippen LogP contribution >= 0.6 is 0 Å². The summed E-state index contributed by atoms with van der Waals surface area (Å²) in [6, 6.07) is 9.42. The number of aromatic nitrogens is 2. The molecule has 0 aliphatic heterocycles. The minimum Gasteiger partial charge on any atom is -0.462 e. The number of aryl methyl sites for hydroxylation is 1. The van der Waals surface area contributed by atoms with Crippen LogP contribution in [0, 0.1) is 18.3 Å². The minimum atomic E-state index is -0.153. The Kier molecular flexibility index (Phi) is 4.83. The molecule has 6 heteroatoms. The molecule has 0 atom stereocenters. The largest absolute Gasteiger partial charge is 0.462 e. The second-order valence-electron chi connectivity index (χ2n) is 4.34. The molecular weight excluding hydrogens is 268 g/mol. The smallest absolute Gasteiger partial charge is 0.316 e. The van der Waals surface area contributed by atoms with Gasteiger partial charge in [-0.3, -0.25) is 4.79 Å². The summed E-state index contributed by atoms with van der Waals surface area (Å²) in [5, 5.41) is 11.4. The summed E-state index contributed by atoms with van der Waals surface area (Å²) in [6.45, 7) is 2.56. The van der Waals surface area contributed by atoms with E-state index < -0.39 is 0 Å². The zero-order valence-electron chi connectivity index (χ0n) is 11.5. The summed E-state index contributed by atoms with van der Waals surface area (Å²) in [6.07, 6.45) is 2.76. The maximum absolute atomic E-state index is 11.8. The fourth-order valence-electron chi connectivity index (χ4n) is 1.56. The number of ether oxygens (including phenoxy) is 1. The first-order valence-electron chi connectivity index (χ1n) is 6.39. The Balaban J connectivity index is 1.75. The van der Waals surface area contributed by atoms with Gasteiger partial charge < -0.3 is 10.1 Å². The molecule has 0 aliphatic carbocycles. The number of carbonyl (C=O) groups excluding carboxylic acids is 1. The average molecular weight is 282 g/mol. The van der Waals surface area contributed by atoms with Crippen molar-refractivity contribution < 1.29 is 9.53 Å². The number of nitrogens with one attached hydrogen (secondary N) is 1. The molecule has 1 aromatic heterocycles. The second kappa shape index (κ2) is 7.01. The van der Waals surface area contributed by atoms with Crippen molar-refractivity contribution in [2.75, 3.05) is 13.2 Å². The third kappa shape index (κ3) is 4.28. The molecule has 0 unspecified atom stereocenters. The van der Waals surface area contributed by atoms with Crippen LogP contribution in [-0.4, -0.2) is 29.0 Å². The van der Waals surface area contributed by atoms with Crippen LogP contribution in [0.15, 0.2) is 36.7 Å². The number of rotatable bonds is 5. The minimum absolute atomic E-state index is 0.153. The maximum atomic E-state index is 11.8. The van der Waals surface area contributed by atoms with Crippen LogP contribution in [0.1, 0.15) is 21.5 Å². The quantitative estimate of drug-likeness (QED) is 0.839. The van der Waals surface area contributed by atoms with Gasteiger partial charge in [0, 0.05) is 5.56 Å². The first kappa shape index (κ1) is 14.5. The molecule has 0 saturated carbocycles. The molecule has 6 nitrogen and oxygen atoms in total. The Morgan fingerprint density at radius 1 is 1.29 bits per heavy atom. The highest BCUT2D eigenvalue weighted by atomic mass is 16.5. The van der Waals surface area contributed by atoms with Crippen molar-refractivity contribution in [2.45, 2.75) is 6.92 Å². The van der Waals surface area contributed by atoms with Gasteiger partial charge in [-0.1, -0.05) is 17.7 Å². The number of carbonyl (C=O) groups is 1. The summed E-state index contributed by atoms with van der Waals surface area (Å²) in [5.74, 6) is -0.153. The van der Waals surface area contributed by atoms with Gasteiger partial charge in [-0.05, 0) is 19.1 Å². The lowest BCUT2D eigenvalue weighted by atomic mass is 10.1. The Hall–Kier alpha value is -2.94. The number of benzene rings is 1. The first-order chi connectivity index (χ1) is 10.2. The van der Waals surface area contributed by atoms with Crippen LogP contribution in [0.25, 0.3) is 0 Å². The van der Waals surface area contributed by atoms with Crippen LogP contribution < -0.4 is 10.1 Å². The molecule has 1 heterocycles. The van der Waals surface area contributed by atoms with E-state index in [0.717, 1.165) is 5.56 Å². The zero-order valence-corrected chi connectivity index (χ0v) is 11.5. The number of hydrogen-bond donors (Lipinski definition) is 1. The van der Waals surface area contributed by atoms with Crippen molar-refractivity contribution in [3.63, 3.8) is 0 Å². The molecule has 0 bridgehead atoms. The molecule has 0 spiro atoms. The molecule has 1 N–H and O–H groups in total. The van der Waals surface area contributed by atoms with E-state index in [1.165, 1.54) is 12.4 Å². The fraction of sp³-hybridized carbons (Fsp3) is 0.200. The van der Waals surface area contributed by atoms with E-state index in [4.69, 9.17) is 10.00 Å². The van der Waals surface area contributed by atoms with Gasteiger partial charge in [-0.25, -0.2) is 9.97 Å². The van der Waals surface area contributed by atoms with E-state index in [9.17, 15) is 4.79 Å². The van der Waals surface area contributed by atoms with Gasteiger partial charge in [0.25, 0.3) is 5.91 Å². The van der Waals surface area contributed by atoms with Crippen molar-refractivity contribution in [2.24, 2.45) is 0 Å². The van der Waals surface area contributed by atoms with Gasteiger partial charge in [-0.15, -0.1) is 0 Å². The molecule has 21 heavy (non-hydrogen) atoms. The van der Waals surface area contributed by atoms with Gasteiger partial charge in [0.2, 0.25) is 0 Å². The van der Waals surface area contributed by atoms with Crippen molar-refractivity contribution in [3.8, 4) is 12.1 Å². The van der Waals surface area contributed by atoms with Crippen LogP contribution in [0.3, 0.4) is 0 Å². The van der Waals surface area contributed by atoms with E-state index >= 15 is 0 Å². The lowest BCUT2D eigenvalue weighted by Crippen LogP contribution is -2.28. The number of hydrogen-bond acceptors (Lipinski definition) is 5. The van der Waals surface area contributed by atoms with Gasteiger partial charge in [0.15, 0.2) is 0 Å². The summed E-state index contributed by atoms with van der Waals surface area (Å²) < 4.78 is 5.26. The van der Waals surface area contributed by atoms with Gasteiger partial charge in [0.1, 0.15) is 12.7 Å². The topological polar surface area (TPSA) is 87.9 Å². The van der Waals surface area contributed by atoms with E-state index in [0.29, 0.717) is 17.7 Å². The summed E-state index contributed by atoms with van der Waals surface area (Å²) in [7, 11) is 0. The van der Waals surface area contributed by atoms with Crippen molar-refractivity contribution in [3.05, 3.63) is 53.3 Å². The predicted molar refractivity (Wildman–Crippen MR) is 75.8 cm³/mol. The molecule has 0 aliphatic rings. The Bertz CT molecular complexity index is 645. The van der Waals surface area contributed by atoms with Crippen molar-refractivity contribution in [1.29, 1.82) is 5.26 Å². The average Bonchev–Trinajstić information content (AvgIpc) is 2.52. The highest BCUT2D eigenvalue weighted by Gasteiger charge is 2.04. The molecule has 0 radical (unpaired) electrons. The molecule has 2 rings (SSSR count). The summed E-state index contributed by atoms with van der Waals surface area (Å²) in [4.78, 5) is 19.5.